The minimum Gasteiger partial charge on any atom is -0.491 e. The van der Waals surface area contributed by atoms with Crippen LogP contribution in [-0.2, 0) is 6.54 Å². The van der Waals surface area contributed by atoms with Gasteiger partial charge in [-0.05, 0) is 31.2 Å². The number of nitrogens with zero attached hydrogens (tertiary/aromatic N) is 1. The van der Waals surface area contributed by atoms with Gasteiger partial charge in [0.1, 0.15) is 18.5 Å². The van der Waals surface area contributed by atoms with E-state index >= 15 is 0 Å². The van der Waals surface area contributed by atoms with Crippen molar-refractivity contribution >= 4 is 0 Å². The van der Waals surface area contributed by atoms with Crippen molar-refractivity contribution in [2.75, 3.05) is 13.2 Å². The van der Waals surface area contributed by atoms with Gasteiger partial charge in [0.15, 0.2) is 0 Å². The third-order valence-corrected chi connectivity index (χ3v) is 4.36. The highest BCUT2D eigenvalue weighted by atomic mass is 16.5. The number of aryl methyl sites for hydroxylation is 1. The first-order valence-corrected chi connectivity index (χ1v) is 7.88. The van der Waals surface area contributed by atoms with Crippen molar-refractivity contribution in [3.63, 3.8) is 0 Å². The maximum Gasteiger partial charge on any atom is 0.125 e. The Kier molecular flexibility index (Phi) is 4.46. The fraction of sp³-hybridized carbons (Fsp3) is 0.368. The Hall–Kier alpha value is -1.84. The van der Waals surface area contributed by atoms with Crippen molar-refractivity contribution in [3.05, 3.63) is 65.2 Å². The predicted octanol–water partition coefficient (Wildman–Crippen LogP) is 3.31. The van der Waals surface area contributed by atoms with E-state index in [1.807, 2.05) is 31.2 Å². The second-order valence-electron chi connectivity index (χ2n) is 5.91. The Balaban J connectivity index is 1.81. The molecule has 3 nitrogen and oxygen atoms in total. The highest BCUT2D eigenvalue weighted by molar-refractivity contribution is 5.40. The first kappa shape index (κ1) is 15.1. The summed E-state index contributed by atoms with van der Waals surface area (Å²) in [7, 11) is 0. The topological polar surface area (TPSA) is 32.7 Å². The van der Waals surface area contributed by atoms with E-state index in [1.165, 1.54) is 5.56 Å². The Labute approximate surface area is 132 Å². The molecule has 1 aliphatic heterocycles. The largest absolute Gasteiger partial charge is 0.491 e. The summed E-state index contributed by atoms with van der Waals surface area (Å²) >= 11 is 0. The van der Waals surface area contributed by atoms with Gasteiger partial charge < -0.3 is 9.84 Å². The van der Waals surface area contributed by atoms with E-state index in [1.54, 1.807) is 0 Å². The summed E-state index contributed by atoms with van der Waals surface area (Å²) in [5.74, 6) is 0.810. The lowest BCUT2D eigenvalue weighted by Crippen LogP contribution is -2.45. The van der Waals surface area contributed by atoms with Gasteiger partial charge >= 0.3 is 0 Å². The van der Waals surface area contributed by atoms with Crippen LogP contribution in [0.3, 0.4) is 0 Å². The molecule has 3 heteroatoms. The average Bonchev–Trinajstić information content (AvgIpc) is 2.55. The number of hydrogen-bond donors (Lipinski definition) is 1. The molecule has 3 rings (SSSR count). The first-order valence-electron chi connectivity index (χ1n) is 7.88. The molecule has 22 heavy (non-hydrogen) atoms. The van der Waals surface area contributed by atoms with Gasteiger partial charge in [-0.3, -0.25) is 4.90 Å². The van der Waals surface area contributed by atoms with E-state index < -0.39 is 6.10 Å². The third-order valence-electron chi connectivity index (χ3n) is 4.36. The van der Waals surface area contributed by atoms with Crippen molar-refractivity contribution in [2.45, 2.75) is 32.5 Å². The summed E-state index contributed by atoms with van der Waals surface area (Å²) < 4.78 is 5.88. The third kappa shape index (κ3) is 3.01. The zero-order valence-electron chi connectivity index (χ0n) is 13.2. The molecule has 0 aliphatic carbocycles. The van der Waals surface area contributed by atoms with Crippen molar-refractivity contribution < 1.29 is 9.84 Å². The highest BCUT2D eigenvalue weighted by Crippen LogP contribution is 2.35. The number of fused-ring (bicyclic) bond motifs is 1. The molecule has 2 aromatic rings. The lowest BCUT2D eigenvalue weighted by atomic mass is 9.96. The number of benzene rings is 2. The molecule has 0 aromatic heterocycles. The van der Waals surface area contributed by atoms with Gasteiger partial charge in [0, 0.05) is 12.1 Å². The molecule has 1 N–H and O–H groups in total. The van der Waals surface area contributed by atoms with Gasteiger partial charge in [-0.15, -0.1) is 0 Å². The fourth-order valence-corrected chi connectivity index (χ4v) is 3.09. The lowest BCUT2D eigenvalue weighted by molar-refractivity contribution is 0.00177. The van der Waals surface area contributed by atoms with E-state index in [-0.39, 0.29) is 6.04 Å². The molecule has 0 saturated carbocycles. The number of aliphatic hydroxyl groups excluding tert-OH is 1. The molecule has 1 heterocycles. The van der Waals surface area contributed by atoms with Crippen molar-refractivity contribution in [2.24, 2.45) is 0 Å². The zero-order valence-corrected chi connectivity index (χ0v) is 13.2. The molecule has 2 unspecified atom stereocenters. The SMILES string of the molecule is CCN(Cc1ccccc1)C1COc2ccc(C)cc2C1O. The molecule has 0 amide bonds. The van der Waals surface area contributed by atoms with Gasteiger partial charge in [0.25, 0.3) is 0 Å². The molecule has 0 bridgehead atoms. The maximum absolute atomic E-state index is 10.8. The molecule has 116 valence electrons. The molecule has 0 radical (unpaired) electrons. The monoisotopic (exact) mass is 297 g/mol. The van der Waals surface area contributed by atoms with Crippen LogP contribution in [0.4, 0.5) is 0 Å². The predicted molar refractivity (Wildman–Crippen MR) is 87.9 cm³/mol. The Bertz CT molecular complexity index is 627. The number of aliphatic hydroxyl groups is 1. The van der Waals surface area contributed by atoms with Crippen molar-refractivity contribution in [3.8, 4) is 5.75 Å². The standard InChI is InChI=1S/C19H23NO2/c1-3-20(12-15-7-5-4-6-8-15)17-13-22-18-10-9-14(2)11-16(18)19(17)21/h4-11,17,19,21H,3,12-13H2,1-2H3. The quantitative estimate of drug-likeness (QED) is 0.940. The fourth-order valence-electron chi connectivity index (χ4n) is 3.09. The lowest BCUT2D eigenvalue weighted by Gasteiger charge is -2.38. The summed E-state index contributed by atoms with van der Waals surface area (Å²) in [6.07, 6.45) is -0.507. The number of rotatable bonds is 4. The van der Waals surface area contributed by atoms with Crippen LogP contribution in [-0.4, -0.2) is 29.2 Å². The van der Waals surface area contributed by atoms with Crippen LogP contribution in [0.1, 0.15) is 29.7 Å². The summed E-state index contributed by atoms with van der Waals surface area (Å²) in [5.41, 5.74) is 3.31. The van der Waals surface area contributed by atoms with Gasteiger partial charge in [-0.25, -0.2) is 0 Å². The van der Waals surface area contributed by atoms with Crippen LogP contribution in [0.25, 0.3) is 0 Å². The Morgan fingerprint density at radius 3 is 2.68 bits per heavy atom. The zero-order chi connectivity index (χ0) is 15.5. The molecule has 2 aromatic carbocycles. The summed E-state index contributed by atoms with van der Waals surface area (Å²) in [6, 6.07) is 16.4. The average molecular weight is 297 g/mol. The Morgan fingerprint density at radius 1 is 1.18 bits per heavy atom. The van der Waals surface area contributed by atoms with E-state index in [2.05, 4.69) is 36.1 Å². The van der Waals surface area contributed by atoms with Gasteiger partial charge in [0.2, 0.25) is 0 Å². The van der Waals surface area contributed by atoms with Gasteiger partial charge in [0.05, 0.1) is 6.04 Å². The molecule has 0 saturated heterocycles. The minimum absolute atomic E-state index is 0.0143. The normalized spacial score (nSPS) is 20.5. The minimum atomic E-state index is -0.507. The second-order valence-corrected chi connectivity index (χ2v) is 5.91. The molecule has 1 aliphatic rings. The van der Waals surface area contributed by atoms with Gasteiger partial charge in [-0.1, -0.05) is 48.9 Å². The number of ether oxygens (including phenoxy) is 1. The van der Waals surface area contributed by atoms with Crippen LogP contribution < -0.4 is 4.74 Å². The summed E-state index contributed by atoms with van der Waals surface area (Å²) in [5, 5.41) is 10.8. The molecule has 2 atom stereocenters. The van der Waals surface area contributed by atoms with Gasteiger partial charge in [-0.2, -0.15) is 0 Å². The first-order chi connectivity index (χ1) is 10.7. The van der Waals surface area contributed by atoms with Crippen LogP contribution >= 0.6 is 0 Å². The molecule has 0 spiro atoms. The number of likely N-dealkylation sites (N-methyl/N-ethyl adjacent to an activating group) is 1. The van der Waals surface area contributed by atoms with Crippen molar-refractivity contribution in [1.82, 2.24) is 4.90 Å². The maximum atomic E-state index is 10.8. The van der Waals surface area contributed by atoms with E-state index in [4.69, 9.17) is 4.74 Å². The smallest absolute Gasteiger partial charge is 0.125 e. The van der Waals surface area contributed by atoms with E-state index in [0.717, 1.165) is 30.0 Å². The van der Waals surface area contributed by atoms with Crippen LogP contribution in [0.2, 0.25) is 0 Å². The summed E-state index contributed by atoms with van der Waals surface area (Å²) in [6.45, 7) is 6.39. The molecular formula is C19H23NO2. The second kappa shape index (κ2) is 6.51. The highest BCUT2D eigenvalue weighted by Gasteiger charge is 2.33. The van der Waals surface area contributed by atoms with Crippen molar-refractivity contribution in [1.29, 1.82) is 0 Å². The summed E-state index contributed by atoms with van der Waals surface area (Å²) in [4.78, 5) is 2.28. The molecular weight excluding hydrogens is 274 g/mol. The van der Waals surface area contributed by atoms with Crippen LogP contribution in [0.15, 0.2) is 48.5 Å². The van der Waals surface area contributed by atoms with E-state index in [0.29, 0.717) is 6.61 Å². The van der Waals surface area contributed by atoms with Crippen LogP contribution in [0.5, 0.6) is 5.75 Å². The Morgan fingerprint density at radius 2 is 1.95 bits per heavy atom. The van der Waals surface area contributed by atoms with Crippen LogP contribution in [0, 0.1) is 6.92 Å². The number of hydrogen-bond acceptors (Lipinski definition) is 3. The van der Waals surface area contributed by atoms with E-state index in [9.17, 15) is 5.11 Å². The molecule has 0 fully saturated rings.